The fourth-order valence-electron chi connectivity index (χ4n) is 3.28. The van der Waals surface area contributed by atoms with Crippen molar-refractivity contribution in [3.8, 4) is 5.75 Å². The van der Waals surface area contributed by atoms with E-state index < -0.39 is 17.9 Å². The van der Waals surface area contributed by atoms with Crippen LogP contribution in [-0.2, 0) is 16.2 Å². The second kappa shape index (κ2) is 9.82. The van der Waals surface area contributed by atoms with Gasteiger partial charge in [0.25, 0.3) is 5.91 Å². The molecule has 4 rings (SSSR count). The molecule has 0 radical (unpaired) electrons. The number of benzene rings is 2. The van der Waals surface area contributed by atoms with Crippen molar-refractivity contribution in [2.24, 2.45) is 5.10 Å². The first-order valence-electron chi connectivity index (χ1n) is 10.3. The first kappa shape index (κ1) is 21.8. The molecule has 0 spiro atoms. The van der Waals surface area contributed by atoms with Crippen molar-refractivity contribution in [3.05, 3.63) is 84.3 Å². The second-order valence-electron chi connectivity index (χ2n) is 7.33. The Hall–Kier alpha value is -4.40. The molecule has 1 aliphatic heterocycles. The normalized spacial score (nSPS) is 15.0. The molecule has 0 aliphatic carbocycles. The number of nitrogens with zero attached hydrogens (tertiary/aromatic N) is 2. The lowest BCUT2D eigenvalue weighted by Gasteiger charge is -2.20. The summed E-state index contributed by atoms with van der Waals surface area (Å²) in [6.07, 6.45) is 0.133. The van der Waals surface area contributed by atoms with Crippen LogP contribution in [0.1, 0.15) is 29.7 Å². The lowest BCUT2D eigenvalue weighted by atomic mass is 10.1. The quantitative estimate of drug-likeness (QED) is 0.540. The van der Waals surface area contributed by atoms with Gasteiger partial charge in [0, 0.05) is 6.42 Å². The standard InChI is InChI=1S/C24H22N4O5/c1-16(29)21-14-20(27-28(21)17-8-4-2-5-9-17)23(30)25-26-24(31)22-13-12-19(33-22)15-32-18-10-6-3-7-11-18/h2-13,21H,14-15H2,1H3,(H,25,30)(H,26,31). The molecular formula is C24H22N4O5. The molecule has 1 aromatic heterocycles. The van der Waals surface area contributed by atoms with Gasteiger partial charge in [-0.2, -0.15) is 5.10 Å². The number of nitrogens with one attached hydrogen (secondary N) is 2. The van der Waals surface area contributed by atoms with Crippen LogP contribution in [0.15, 0.2) is 82.3 Å². The molecule has 9 heteroatoms. The zero-order chi connectivity index (χ0) is 23.2. The van der Waals surface area contributed by atoms with Gasteiger partial charge in [-0.3, -0.25) is 30.2 Å². The highest BCUT2D eigenvalue weighted by Crippen LogP contribution is 2.25. The molecule has 0 saturated heterocycles. The Labute approximate surface area is 190 Å². The molecule has 1 atom stereocenters. The minimum absolute atomic E-state index is 0.0165. The van der Waals surface area contributed by atoms with Gasteiger partial charge in [0.05, 0.1) is 5.69 Å². The molecule has 2 N–H and O–H groups in total. The average molecular weight is 446 g/mol. The molecule has 3 aromatic rings. The Kier molecular flexibility index (Phi) is 6.49. The maximum absolute atomic E-state index is 12.5. The van der Waals surface area contributed by atoms with E-state index in [1.165, 1.54) is 18.0 Å². The summed E-state index contributed by atoms with van der Waals surface area (Å²) in [5, 5.41) is 5.81. The fourth-order valence-corrected chi connectivity index (χ4v) is 3.28. The number of hydrazone groups is 1. The minimum Gasteiger partial charge on any atom is -0.486 e. The van der Waals surface area contributed by atoms with E-state index in [1.807, 2.05) is 48.5 Å². The zero-order valence-corrected chi connectivity index (χ0v) is 17.9. The van der Waals surface area contributed by atoms with Crippen LogP contribution in [0.25, 0.3) is 0 Å². The highest BCUT2D eigenvalue weighted by atomic mass is 16.5. The molecule has 1 unspecified atom stereocenters. The third-order valence-corrected chi connectivity index (χ3v) is 4.96. The van der Waals surface area contributed by atoms with Gasteiger partial charge in [0.2, 0.25) is 0 Å². The summed E-state index contributed by atoms with van der Waals surface area (Å²) in [5.41, 5.74) is 5.46. The molecule has 33 heavy (non-hydrogen) atoms. The number of carbonyl (C=O) groups is 3. The molecule has 2 heterocycles. The van der Waals surface area contributed by atoms with E-state index in [0.717, 1.165) is 0 Å². The smallest absolute Gasteiger partial charge is 0.305 e. The Morgan fingerprint density at radius 3 is 2.33 bits per heavy atom. The summed E-state index contributed by atoms with van der Waals surface area (Å²) in [5.74, 6) is -0.197. The molecular weight excluding hydrogens is 424 g/mol. The lowest BCUT2D eigenvalue weighted by molar-refractivity contribution is -0.118. The van der Waals surface area contributed by atoms with Crippen molar-refractivity contribution in [2.75, 3.05) is 5.01 Å². The average Bonchev–Trinajstić information content (AvgIpc) is 3.50. The number of furan rings is 1. The third kappa shape index (κ3) is 5.27. The first-order valence-corrected chi connectivity index (χ1v) is 10.3. The van der Waals surface area contributed by atoms with Crippen LogP contribution in [0.3, 0.4) is 0 Å². The van der Waals surface area contributed by atoms with Crippen LogP contribution < -0.4 is 20.6 Å². The molecule has 1 aliphatic rings. The van der Waals surface area contributed by atoms with E-state index in [0.29, 0.717) is 17.2 Å². The van der Waals surface area contributed by atoms with Gasteiger partial charge in [-0.25, -0.2) is 0 Å². The van der Waals surface area contributed by atoms with Crippen molar-refractivity contribution < 1.29 is 23.5 Å². The number of anilines is 1. The van der Waals surface area contributed by atoms with Crippen molar-refractivity contribution in [3.63, 3.8) is 0 Å². The van der Waals surface area contributed by atoms with Gasteiger partial charge in [-0.1, -0.05) is 36.4 Å². The number of rotatable bonds is 7. The number of para-hydroxylation sites is 2. The number of amides is 2. The number of ether oxygens (including phenoxy) is 1. The maximum atomic E-state index is 12.5. The molecule has 9 nitrogen and oxygen atoms in total. The highest BCUT2D eigenvalue weighted by Gasteiger charge is 2.34. The number of hydrogen-bond acceptors (Lipinski definition) is 7. The van der Waals surface area contributed by atoms with Gasteiger partial charge >= 0.3 is 5.91 Å². The van der Waals surface area contributed by atoms with E-state index >= 15 is 0 Å². The Bertz CT molecular complexity index is 1170. The summed E-state index contributed by atoms with van der Waals surface area (Å²) >= 11 is 0. The van der Waals surface area contributed by atoms with Gasteiger partial charge < -0.3 is 9.15 Å². The van der Waals surface area contributed by atoms with Gasteiger partial charge in [-0.15, -0.1) is 0 Å². The fraction of sp³-hybridized carbons (Fsp3) is 0.167. The first-order chi connectivity index (χ1) is 16.0. The lowest BCUT2D eigenvalue weighted by Crippen LogP contribution is -2.44. The zero-order valence-electron chi connectivity index (χ0n) is 17.9. The van der Waals surface area contributed by atoms with E-state index in [-0.39, 0.29) is 30.3 Å². The van der Waals surface area contributed by atoms with Crippen molar-refractivity contribution in [1.82, 2.24) is 10.9 Å². The topological polar surface area (TPSA) is 113 Å². The van der Waals surface area contributed by atoms with E-state index in [9.17, 15) is 14.4 Å². The van der Waals surface area contributed by atoms with Crippen LogP contribution in [0.2, 0.25) is 0 Å². The number of hydrazine groups is 1. The number of ketones is 1. The Morgan fingerprint density at radius 2 is 1.64 bits per heavy atom. The van der Waals surface area contributed by atoms with Crippen molar-refractivity contribution in [1.29, 1.82) is 0 Å². The summed E-state index contributed by atoms with van der Waals surface area (Å²) in [4.78, 5) is 36.9. The van der Waals surface area contributed by atoms with E-state index in [4.69, 9.17) is 9.15 Å². The predicted molar refractivity (Wildman–Crippen MR) is 121 cm³/mol. The number of Topliss-reactive ketones (excluding diaryl/α,β-unsaturated/α-hetero) is 1. The molecule has 2 aromatic carbocycles. The largest absolute Gasteiger partial charge is 0.486 e. The summed E-state index contributed by atoms with van der Waals surface area (Å²) in [6.45, 7) is 1.61. The maximum Gasteiger partial charge on any atom is 0.305 e. The van der Waals surface area contributed by atoms with Gasteiger partial charge in [0.15, 0.2) is 11.5 Å². The highest BCUT2D eigenvalue weighted by molar-refractivity contribution is 6.40. The molecule has 0 fully saturated rings. The Morgan fingerprint density at radius 1 is 0.970 bits per heavy atom. The van der Waals surface area contributed by atoms with Crippen LogP contribution in [-0.4, -0.2) is 29.4 Å². The van der Waals surface area contributed by atoms with Crippen LogP contribution in [0.4, 0.5) is 5.69 Å². The molecule has 0 bridgehead atoms. The summed E-state index contributed by atoms with van der Waals surface area (Å²) in [7, 11) is 0. The Balaban J connectivity index is 1.33. The monoisotopic (exact) mass is 446 g/mol. The van der Waals surface area contributed by atoms with E-state index in [1.54, 1.807) is 18.2 Å². The van der Waals surface area contributed by atoms with Crippen molar-refractivity contribution >= 4 is 29.0 Å². The van der Waals surface area contributed by atoms with Crippen molar-refractivity contribution in [2.45, 2.75) is 26.0 Å². The predicted octanol–water partition coefficient (Wildman–Crippen LogP) is 2.84. The summed E-state index contributed by atoms with van der Waals surface area (Å²) in [6, 6.07) is 20.8. The minimum atomic E-state index is -0.629. The molecule has 0 saturated carbocycles. The SMILES string of the molecule is CC(=O)C1CC(C(=O)NNC(=O)c2ccc(COc3ccccc3)o2)=NN1c1ccccc1. The van der Waals surface area contributed by atoms with Crippen LogP contribution in [0.5, 0.6) is 5.75 Å². The summed E-state index contributed by atoms with van der Waals surface area (Å²) < 4.78 is 11.1. The van der Waals surface area contributed by atoms with E-state index in [2.05, 4.69) is 16.0 Å². The molecule has 168 valence electrons. The second-order valence-corrected chi connectivity index (χ2v) is 7.33. The van der Waals surface area contributed by atoms with Gasteiger partial charge in [-0.05, 0) is 43.3 Å². The van der Waals surface area contributed by atoms with Gasteiger partial charge in [0.1, 0.15) is 29.9 Å². The number of carbonyl (C=O) groups excluding carboxylic acids is 3. The number of hydrogen-bond donors (Lipinski definition) is 2. The van der Waals surface area contributed by atoms with Crippen LogP contribution in [0, 0.1) is 0 Å². The third-order valence-electron chi connectivity index (χ3n) is 4.96. The van der Waals surface area contributed by atoms with Crippen LogP contribution >= 0.6 is 0 Å². The molecule has 2 amide bonds.